The molecule has 0 spiro atoms. The van der Waals surface area contributed by atoms with Crippen molar-refractivity contribution in [2.75, 3.05) is 27.9 Å². The molecule has 1 saturated heterocycles. The van der Waals surface area contributed by atoms with E-state index < -0.39 is 17.8 Å². The smallest absolute Gasteiger partial charge is 0.333 e. The summed E-state index contributed by atoms with van der Waals surface area (Å²) in [6.45, 7) is 0.453. The van der Waals surface area contributed by atoms with E-state index in [1.54, 1.807) is 0 Å². The zero-order valence-electron chi connectivity index (χ0n) is 12.0. The van der Waals surface area contributed by atoms with Gasteiger partial charge in [-0.2, -0.15) is 0 Å². The molecule has 0 aromatic heterocycles. The standard InChI is InChI=1S/C11H17N5O5/c1-19-11-8(13-7(14-11)5-4-6-12)9(17)15(20-2)10(18)16(11)21-3/h4-6,12H2,1-3H3. The third kappa shape index (κ3) is 2.21. The molecule has 1 atom stereocenters. The zero-order valence-corrected chi connectivity index (χ0v) is 12.0. The number of urea groups is 1. The summed E-state index contributed by atoms with van der Waals surface area (Å²) in [5, 5.41) is 1.33. The number of hydrogen-bond donors (Lipinski definition) is 1. The van der Waals surface area contributed by atoms with E-state index in [0.717, 1.165) is 5.06 Å². The van der Waals surface area contributed by atoms with E-state index in [4.69, 9.17) is 20.1 Å². The number of amides is 3. The van der Waals surface area contributed by atoms with Crippen molar-refractivity contribution >= 4 is 23.5 Å². The predicted octanol–water partition coefficient (Wildman–Crippen LogP) is -0.734. The molecule has 0 bridgehead atoms. The zero-order chi connectivity index (χ0) is 15.6. The molecule has 2 aliphatic rings. The predicted molar refractivity (Wildman–Crippen MR) is 71.0 cm³/mol. The first-order valence-corrected chi connectivity index (χ1v) is 6.25. The molecule has 10 heteroatoms. The number of carbonyl (C=O) groups is 2. The van der Waals surface area contributed by atoms with Crippen molar-refractivity contribution in [1.29, 1.82) is 0 Å². The van der Waals surface area contributed by atoms with Gasteiger partial charge < -0.3 is 10.5 Å². The van der Waals surface area contributed by atoms with E-state index >= 15 is 0 Å². The first-order chi connectivity index (χ1) is 10.1. The monoisotopic (exact) mass is 299 g/mol. The minimum Gasteiger partial charge on any atom is -0.333 e. The fourth-order valence-corrected chi connectivity index (χ4v) is 2.14. The Morgan fingerprint density at radius 1 is 1.24 bits per heavy atom. The van der Waals surface area contributed by atoms with Crippen molar-refractivity contribution in [2.45, 2.75) is 18.7 Å². The lowest BCUT2D eigenvalue weighted by Crippen LogP contribution is -2.68. The second-order valence-corrected chi connectivity index (χ2v) is 4.23. The maximum absolute atomic E-state index is 12.3. The summed E-state index contributed by atoms with van der Waals surface area (Å²) in [6.07, 6.45) is 1.09. The number of ether oxygens (including phenoxy) is 1. The van der Waals surface area contributed by atoms with Gasteiger partial charge in [-0.05, 0) is 13.0 Å². The number of fused-ring (bicyclic) bond motifs is 1. The molecule has 0 aromatic rings. The van der Waals surface area contributed by atoms with Gasteiger partial charge in [-0.1, -0.05) is 0 Å². The average molecular weight is 299 g/mol. The van der Waals surface area contributed by atoms with Crippen molar-refractivity contribution in [3.8, 4) is 0 Å². The second-order valence-electron chi connectivity index (χ2n) is 4.23. The Morgan fingerprint density at radius 2 is 1.95 bits per heavy atom. The number of hydroxylamine groups is 4. The fraction of sp³-hybridized carbons (Fsp3) is 0.636. The number of imide groups is 1. The molecule has 1 fully saturated rings. The molecule has 2 aliphatic heterocycles. The molecule has 0 radical (unpaired) electrons. The van der Waals surface area contributed by atoms with Gasteiger partial charge in [-0.25, -0.2) is 14.8 Å². The topological polar surface area (TPSA) is 119 Å². The third-order valence-electron chi connectivity index (χ3n) is 3.09. The Morgan fingerprint density at radius 3 is 2.48 bits per heavy atom. The van der Waals surface area contributed by atoms with Gasteiger partial charge in [0.25, 0.3) is 0 Å². The number of nitrogens with zero attached hydrogens (tertiary/aromatic N) is 4. The van der Waals surface area contributed by atoms with Gasteiger partial charge in [0.1, 0.15) is 5.84 Å². The highest BCUT2D eigenvalue weighted by Gasteiger charge is 2.60. The molecule has 2 heterocycles. The lowest BCUT2D eigenvalue weighted by atomic mass is 10.2. The Balaban J connectivity index is 2.47. The minimum absolute atomic E-state index is 0.0969. The Bertz CT molecular complexity index is 519. The van der Waals surface area contributed by atoms with Crippen LogP contribution in [0.5, 0.6) is 0 Å². The van der Waals surface area contributed by atoms with E-state index in [2.05, 4.69) is 9.98 Å². The maximum atomic E-state index is 12.3. The van der Waals surface area contributed by atoms with E-state index in [-0.39, 0.29) is 5.71 Å². The average Bonchev–Trinajstić information content (AvgIpc) is 2.86. The van der Waals surface area contributed by atoms with Gasteiger partial charge in [-0.15, -0.1) is 10.1 Å². The quantitative estimate of drug-likeness (QED) is 0.690. The van der Waals surface area contributed by atoms with Crippen molar-refractivity contribution < 1.29 is 24.0 Å². The number of methoxy groups -OCH3 is 1. The van der Waals surface area contributed by atoms with Gasteiger partial charge in [0.2, 0.25) is 0 Å². The number of amidine groups is 1. The van der Waals surface area contributed by atoms with Crippen LogP contribution in [0.25, 0.3) is 0 Å². The third-order valence-corrected chi connectivity index (χ3v) is 3.09. The van der Waals surface area contributed by atoms with Crippen LogP contribution in [0, 0.1) is 0 Å². The van der Waals surface area contributed by atoms with E-state index in [9.17, 15) is 9.59 Å². The lowest BCUT2D eigenvalue weighted by molar-refractivity contribution is -0.246. The SMILES string of the molecule is CON1C(=O)C2=NC(CCCN)=NC2(OC)N(OC)C1=O. The van der Waals surface area contributed by atoms with Crippen LogP contribution in [-0.4, -0.2) is 67.3 Å². The highest BCUT2D eigenvalue weighted by molar-refractivity contribution is 6.47. The molecule has 116 valence electrons. The van der Waals surface area contributed by atoms with E-state index in [1.807, 2.05) is 0 Å². The van der Waals surface area contributed by atoms with Crippen LogP contribution in [0.15, 0.2) is 9.98 Å². The van der Waals surface area contributed by atoms with Crippen molar-refractivity contribution in [2.24, 2.45) is 15.7 Å². The summed E-state index contributed by atoms with van der Waals surface area (Å²) in [4.78, 5) is 42.6. The first kappa shape index (κ1) is 15.5. The number of carbonyl (C=O) groups excluding carboxylic acids is 2. The maximum Gasteiger partial charge on any atom is 0.380 e. The molecule has 2 N–H and O–H groups in total. The summed E-state index contributed by atoms with van der Waals surface area (Å²) >= 11 is 0. The largest absolute Gasteiger partial charge is 0.380 e. The van der Waals surface area contributed by atoms with Crippen molar-refractivity contribution in [1.82, 2.24) is 10.1 Å². The van der Waals surface area contributed by atoms with Gasteiger partial charge >= 0.3 is 17.8 Å². The highest BCUT2D eigenvalue weighted by atomic mass is 16.8. The van der Waals surface area contributed by atoms with Crippen LogP contribution in [0.4, 0.5) is 4.79 Å². The molecule has 2 rings (SSSR count). The highest BCUT2D eigenvalue weighted by Crippen LogP contribution is 2.33. The Hall–Kier alpha value is -1.88. The second kappa shape index (κ2) is 5.85. The number of hydrogen-bond acceptors (Lipinski definition) is 8. The van der Waals surface area contributed by atoms with Gasteiger partial charge in [0.05, 0.1) is 14.2 Å². The van der Waals surface area contributed by atoms with Crippen LogP contribution in [0.3, 0.4) is 0 Å². The van der Waals surface area contributed by atoms with Gasteiger partial charge in [0.15, 0.2) is 5.71 Å². The number of aliphatic imine (C=N–C) groups is 2. The molecule has 3 amide bonds. The summed E-state index contributed by atoms with van der Waals surface area (Å²) < 4.78 is 5.28. The number of rotatable bonds is 6. The van der Waals surface area contributed by atoms with E-state index in [0.29, 0.717) is 30.3 Å². The van der Waals surface area contributed by atoms with Crippen LogP contribution in [-0.2, 0) is 19.2 Å². The molecule has 21 heavy (non-hydrogen) atoms. The fourth-order valence-electron chi connectivity index (χ4n) is 2.14. The first-order valence-electron chi connectivity index (χ1n) is 6.25. The van der Waals surface area contributed by atoms with Gasteiger partial charge in [0, 0.05) is 13.5 Å². The Kier molecular flexibility index (Phi) is 4.32. The normalized spacial score (nSPS) is 25.1. The van der Waals surface area contributed by atoms with Crippen molar-refractivity contribution in [3.05, 3.63) is 0 Å². The molecular weight excluding hydrogens is 282 g/mol. The minimum atomic E-state index is -1.72. The molecule has 10 nitrogen and oxygen atoms in total. The van der Waals surface area contributed by atoms with E-state index in [1.165, 1.54) is 21.3 Å². The molecular formula is C11H17N5O5. The summed E-state index contributed by atoms with van der Waals surface area (Å²) in [5.41, 5.74) is 5.35. The van der Waals surface area contributed by atoms with Crippen LogP contribution in [0.2, 0.25) is 0 Å². The molecule has 0 aliphatic carbocycles. The lowest BCUT2D eigenvalue weighted by Gasteiger charge is -2.40. The van der Waals surface area contributed by atoms with Gasteiger partial charge in [-0.3, -0.25) is 14.5 Å². The van der Waals surface area contributed by atoms with Crippen LogP contribution in [0.1, 0.15) is 12.8 Å². The Labute approximate surface area is 121 Å². The molecule has 0 aromatic carbocycles. The molecule has 0 saturated carbocycles. The van der Waals surface area contributed by atoms with Crippen LogP contribution >= 0.6 is 0 Å². The van der Waals surface area contributed by atoms with Crippen LogP contribution < -0.4 is 5.73 Å². The summed E-state index contributed by atoms with van der Waals surface area (Å²) in [7, 11) is 3.75. The van der Waals surface area contributed by atoms with Crippen molar-refractivity contribution in [3.63, 3.8) is 0 Å². The summed E-state index contributed by atoms with van der Waals surface area (Å²) in [5.74, 6) is -2.11. The molecule has 1 unspecified atom stereocenters. The number of nitrogens with two attached hydrogens (primary N) is 1. The summed E-state index contributed by atoms with van der Waals surface area (Å²) in [6, 6.07) is -0.852.